The van der Waals surface area contributed by atoms with Crippen molar-refractivity contribution in [2.45, 2.75) is 19.4 Å². The second kappa shape index (κ2) is 8.62. The Morgan fingerprint density at radius 2 is 2.28 bits per heavy atom. The first-order chi connectivity index (χ1) is 12.3. The summed E-state index contributed by atoms with van der Waals surface area (Å²) in [4.78, 5) is 18.9. The van der Waals surface area contributed by atoms with Crippen LogP contribution in [-0.4, -0.2) is 42.5 Å². The van der Waals surface area contributed by atoms with E-state index in [0.717, 1.165) is 31.6 Å². The number of carbonyl (C=O) groups is 1. The van der Waals surface area contributed by atoms with Crippen molar-refractivity contribution in [2.24, 2.45) is 5.92 Å². The number of hydrogen-bond acceptors (Lipinski definition) is 4. The standard InChI is InChI=1S/C20H25N3O2/c1-21-12-16-6-4-10-23(14-16)20(24)18-7-2-8-19(11-18)25-15-17-5-3-9-22-13-17/h2-3,5,7-9,11,13,16,21H,4,6,10,12,14-15H2,1H3. The second-order valence-corrected chi connectivity index (χ2v) is 6.49. The van der Waals surface area contributed by atoms with E-state index in [2.05, 4.69) is 10.3 Å². The van der Waals surface area contributed by atoms with Gasteiger partial charge in [-0.15, -0.1) is 0 Å². The van der Waals surface area contributed by atoms with Gasteiger partial charge in [-0.05, 0) is 56.6 Å². The molecule has 0 bridgehead atoms. The Labute approximate surface area is 149 Å². The van der Waals surface area contributed by atoms with Crippen LogP contribution in [0, 0.1) is 5.92 Å². The lowest BCUT2D eigenvalue weighted by atomic mass is 9.97. The maximum absolute atomic E-state index is 12.8. The van der Waals surface area contributed by atoms with Crippen LogP contribution in [0.5, 0.6) is 5.75 Å². The predicted octanol–water partition coefficient (Wildman–Crippen LogP) is 2.73. The highest BCUT2D eigenvalue weighted by Crippen LogP contribution is 2.21. The highest BCUT2D eigenvalue weighted by Gasteiger charge is 2.24. The van der Waals surface area contributed by atoms with Crippen LogP contribution in [0.4, 0.5) is 0 Å². The number of rotatable bonds is 6. The minimum absolute atomic E-state index is 0.0904. The lowest BCUT2D eigenvalue weighted by Gasteiger charge is -2.32. The van der Waals surface area contributed by atoms with E-state index in [0.29, 0.717) is 23.8 Å². The molecule has 1 atom stereocenters. The van der Waals surface area contributed by atoms with Gasteiger partial charge in [-0.2, -0.15) is 0 Å². The molecule has 1 aliphatic heterocycles. The predicted molar refractivity (Wildman–Crippen MR) is 97.6 cm³/mol. The summed E-state index contributed by atoms with van der Waals surface area (Å²) in [6.45, 7) is 3.05. The molecule has 132 valence electrons. The molecule has 1 unspecified atom stereocenters. The number of piperidine rings is 1. The summed E-state index contributed by atoms with van der Waals surface area (Å²) in [7, 11) is 1.96. The number of likely N-dealkylation sites (tertiary alicyclic amines) is 1. The fourth-order valence-corrected chi connectivity index (χ4v) is 3.26. The third-order valence-electron chi connectivity index (χ3n) is 4.51. The van der Waals surface area contributed by atoms with Gasteiger partial charge in [-0.3, -0.25) is 9.78 Å². The van der Waals surface area contributed by atoms with Crippen molar-refractivity contribution in [1.82, 2.24) is 15.2 Å². The number of hydrogen-bond donors (Lipinski definition) is 1. The summed E-state index contributed by atoms with van der Waals surface area (Å²) >= 11 is 0. The van der Waals surface area contributed by atoms with Crippen LogP contribution in [0.25, 0.3) is 0 Å². The molecule has 0 saturated carbocycles. The van der Waals surface area contributed by atoms with Crippen LogP contribution in [0.1, 0.15) is 28.8 Å². The molecule has 25 heavy (non-hydrogen) atoms. The average Bonchev–Trinajstić information content (AvgIpc) is 2.67. The monoisotopic (exact) mass is 339 g/mol. The molecular formula is C20H25N3O2. The fraction of sp³-hybridized carbons (Fsp3) is 0.400. The SMILES string of the molecule is CNCC1CCCN(C(=O)c2cccc(OCc3cccnc3)c2)C1. The van der Waals surface area contributed by atoms with Gasteiger partial charge in [0.25, 0.3) is 5.91 Å². The van der Waals surface area contributed by atoms with Crippen LogP contribution >= 0.6 is 0 Å². The summed E-state index contributed by atoms with van der Waals surface area (Å²) in [6.07, 6.45) is 5.77. The van der Waals surface area contributed by atoms with Crippen molar-refractivity contribution in [3.63, 3.8) is 0 Å². The molecule has 1 amide bonds. The van der Waals surface area contributed by atoms with Gasteiger partial charge in [0.15, 0.2) is 0 Å². The highest BCUT2D eigenvalue weighted by atomic mass is 16.5. The van der Waals surface area contributed by atoms with E-state index in [9.17, 15) is 4.79 Å². The van der Waals surface area contributed by atoms with Crippen LogP contribution in [-0.2, 0) is 6.61 Å². The maximum atomic E-state index is 12.8. The van der Waals surface area contributed by atoms with Gasteiger partial charge >= 0.3 is 0 Å². The molecule has 3 rings (SSSR count). The van der Waals surface area contributed by atoms with Crippen molar-refractivity contribution in [3.8, 4) is 5.75 Å². The third-order valence-corrected chi connectivity index (χ3v) is 4.51. The van der Waals surface area contributed by atoms with Gasteiger partial charge in [0, 0.05) is 36.6 Å². The molecule has 2 aromatic rings. The summed E-state index contributed by atoms with van der Waals surface area (Å²) in [6, 6.07) is 11.3. The number of amides is 1. The molecule has 5 heteroatoms. The van der Waals surface area contributed by atoms with E-state index < -0.39 is 0 Å². The first-order valence-corrected chi connectivity index (χ1v) is 8.82. The number of carbonyl (C=O) groups excluding carboxylic acids is 1. The van der Waals surface area contributed by atoms with Crippen LogP contribution in [0.15, 0.2) is 48.8 Å². The van der Waals surface area contributed by atoms with E-state index in [4.69, 9.17) is 4.74 Å². The molecule has 2 heterocycles. The van der Waals surface area contributed by atoms with Gasteiger partial charge in [0.2, 0.25) is 0 Å². The number of ether oxygens (including phenoxy) is 1. The van der Waals surface area contributed by atoms with E-state index in [1.807, 2.05) is 48.3 Å². The van der Waals surface area contributed by atoms with Gasteiger partial charge in [-0.1, -0.05) is 12.1 Å². The lowest BCUT2D eigenvalue weighted by Crippen LogP contribution is -2.42. The molecule has 1 saturated heterocycles. The second-order valence-electron chi connectivity index (χ2n) is 6.49. The minimum Gasteiger partial charge on any atom is -0.489 e. The third kappa shape index (κ3) is 4.79. The van der Waals surface area contributed by atoms with Crippen LogP contribution in [0.2, 0.25) is 0 Å². The number of nitrogens with one attached hydrogen (secondary N) is 1. The van der Waals surface area contributed by atoms with Crippen LogP contribution in [0.3, 0.4) is 0 Å². The fourth-order valence-electron chi connectivity index (χ4n) is 3.26. The molecule has 5 nitrogen and oxygen atoms in total. The Hall–Kier alpha value is -2.40. The molecule has 0 aliphatic carbocycles. The highest BCUT2D eigenvalue weighted by molar-refractivity contribution is 5.94. The normalized spacial score (nSPS) is 17.3. The maximum Gasteiger partial charge on any atom is 0.253 e. The van der Waals surface area contributed by atoms with Crippen molar-refractivity contribution in [1.29, 1.82) is 0 Å². The minimum atomic E-state index is 0.0904. The number of aromatic nitrogens is 1. The Balaban J connectivity index is 1.63. The van der Waals surface area contributed by atoms with Gasteiger partial charge in [-0.25, -0.2) is 0 Å². The summed E-state index contributed by atoms with van der Waals surface area (Å²) in [5.74, 6) is 1.33. The number of benzene rings is 1. The van der Waals surface area contributed by atoms with Crippen molar-refractivity contribution < 1.29 is 9.53 Å². The zero-order valence-electron chi connectivity index (χ0n) is 14.6. The van der Waals surface area contributed by atoms with Crippen molar-refractivity contribution in [2.75, 3.05) is 26.7 Å². The van der Waals surface area contributed by atoms with Crippen molar-refractivity contribution >= 4 is 5.91 Å². The van der Waals surface area contributed by atoms with Gasteiger partial charge < -0.3 is 15.0 Å². The Kier molecular flexibility index (Phi) is 6.01. The summed E-state index contributed by atoms with van der Waals surface area (Å²) < 4.78 is 5.81. The van der Waals surface area contributed by atoms with E-state index in [1.165, 1.54) is 6.42 Å². The van der Waals surface area contributed by atoms with Crippen LogP contribution < -0.4 is 10.1 Å². The Bertz CT molecular complexity index is 688. The molecule has 1 aromatic carbocycles. The molecular weight excluding hydrogens is 314 g/mol. The topological polar surface area (TPSA) is 54.5 Å². The average molecular weight is 339 g/mol. The Morgan fingerprint density at radius 3 is 3.08 bits per heavy atom. The lowest BCUT2D eigenvalue weighted by molar-refractivity contribution is 0.0674. The van der Waals surface area contributed by atoms with E-state index in [-0.39, 0.29) is 5.91 Å². The molecule has 1 aromatic heterocycles. The Morgan fingerprint density at radius 1 is 1.36 bits per heavy atom. The molecule has 1 N–H and O–H groups in total. The van der Waals surface area contributed by atoms with Gasteiger partial charge in [0.1, 0.15) is 12.4 Å². The number of pyridine rings is 1. The smallest absolute Gasteiger partial charge is 0.253 e. The van der Waals surface area contributed by atoms with E-state index >= 15 is 0 Å². The van der Waals surface area contributed by atoms with Crippen molar-refractivity contribution in [3.05, 3.63) is 59.9 Å². The molecule has 0 radical (unpaired) electrons. The molecule has 1 fully saturated rings. The first-order valence-electron chi connectivity index (χ1n) is 8.82. The first kappa shape index (κ1) is 17.4. The molecule has 1 aliphatic rings. The molecule has 0 spiro atoms. The zero-order valence-corrected chi connectivity index (χ0v) is 14.6. The number of nitrogens with zero attached hydrogens (tertiary/aromatic N) is 2. The van der Waals surface area contributed by atoms with Gasteiger partial charge in [0.05, 0.1) is 0 Å². The zero-order chi connectivity index (χ0) is 17.5. The quantitative estimate of drug-likeness (QED) is 0.879. The largest absolute Gasteiger partial charge is 0.489 e. The summed E-state index contributed by atoms with van der Waals surface area (Å²) in [5.41, 5.74) is 1.69. The van der Waals surface area contributed by atoms with E-state index in [1.54, 1.807) is 12.4 Å². The summed E-state index contributed by atoms with van der Waals surface area (Å²) in [5, 5.41) is 3.22.